The van der Waals surface area contributed by atoms with E-state index in [0.29, 0.717) is 43.2 Å². The van der Waals surface area contributed by atoms with E-state index in [4.69, 9.17) is 4.74 Å². The Morgan fingerprint density at radius 1 is 0.982 bits per heavy atom. The highest BCUT2D eigenvalue weighted by Crippen LogP contribution is 2.53. The zero-order valence-electron chi connectivity index (χ0n) is 37.7. The Morgan fingerprint density at radius 2 is 1.61 bits per heavy atom. The lowest BCUT2D eigenvalue weighted by molar-refractivity contribution is 0.130. The number of nitrogens with zero attached hydrogens (tertiary/aromatic N) is 1. The maximum absolute atomic E-state index is 12.4. The van der Waals surface area contributed by atoms with Gasteiger partial charge in [0.2, 0.25) is 0 Å². The number of ether oxygens (including phenoxy) is 1. The Morgan fingerprint density at radius 3 is 2.14 bits per heavy atom. The van der Waals surface area contributed by atoms with E-state index in [-0.39, 0.29) is 29.0 Å². The number of rotatable bonds is 24. The lowest BCUT2D eigenvalue weighted by Gasteiger charge is -2.41. The van der Waals surface area contributed by atoms with Crippen LogP contribution in [-0.4, -0.2) is 56.4 Å². The molecule has 316 valence electrons. The Bertz CT molecular complexity index is 1440. The monoisotopic (exact) mass is 775 g/mol. The Labute approximate surface area is 343 Å². The molecular weight excluding hydrogens is 693 g/mol. The minimum absolute atomic E-state index is 0.0221. The van der Waals surface area contributed by atoms with Crippen molar-refractivity contribution in [3.05, 3.63) is 97.3 Å². The SMILES string of the molecule is C=C(NC(CCOC(=O)NCc1ccccc1)C(C)(C)C)NC(C(=C)N(C)C[C@@H]1C(C)[C@@H]1C(C)C(=C)NC(CC1CCC1)C(=C)C(=C)NC)C(C)(C)CC.CC. The molecule has 0 bridgehead atoms. The zero-order chi connectivity index (χ0) is 42.4. The summed E-state index contributed by atoms with van der Waals surface area (Å²) in [6.07, 6.45) is 6.21. The third-order valence-electron chi connectivity index (χ3n) is 12.7. The summed E-state index contributed by atoms with van der Waals surface area (Å²) in [6.45, 7) is 46.0. The summed E-state index contributed by atoms with van der Waals surface area (Å²) in [5.74, 6) is 3.51. The van der Waals surface area contributed by atoms with Crippen molar-refractivity contribution < 1.29 is 9.53 Å². The summed E-state index contributed by atoms with van der Waals surface area (Å²) in [4.78, 5) is 14.8. The van der Waals surface area contributed by atoms with Crippen LogP contribution in [-0.2, 0) is 11.3 Å². The number of alkyl carbamates (subject to hydrolysis) is 1. The minimum atomic E-state index is -0.412. The molecule has 8 heteroatoms. The van der Waals surface area contributed by atoms with Crippen LogP contribution >= 0.6 is 0 Å². The topological polar surface area (TPSA) is 89.7 Å². The molecule has 3 rings (SSSR count). The number of amides is 1. The number of nitrogens with one attached hydrogen (secondary N) is 5. The molecule has 56 heavy (non-hydrogen) atoms. The normalized spacial score (nSPS) is 19.9. The first-order chi connectivity index (χ1) is 26.3. The van der Waals surface area contributed by atoms with Gasteiger partial charge in [-0.1, -0.05) is 152 Å². The molecule has 1 amide bonds. The molecule has 0 spiro atoms. The number of hydrogen-bond acceptors (Lipinski definition) is 7. The summed E-state index contributed by atoms with van der Waals surface area (Å²) >= 11 is 0. The second-order valence-electron chi connectivity index (χ2n) is 18.0. The standard InChI is InChI=1S/C46H76N6O2.C2H6/c1-16-46(12,13)43(51-36(8)50-41(45(9,10)11)25-26-54-44(53)48-28-38-21-18-17-19-22-38)35(7)52(15)29-39-32(4)42(39)31(3)34(6)49-40(27-37-23-20-24-37)30(2)33(5)47-14;1-2/h17-19,21-22,31-32,37,39-43,47,49-51H,2,5-8,16,20,23-29H2,1,3-4,9-15H3,(H,48,53);1-2H3/t31?,32?,39-,40?,41?,42+,43?;/m1./s1. The van der Waals surface area contributed by atoms with Crippen molar-refractivity contribution >= 4 is 6.09 Å². The Kier molecular flexibility index (Phi) is 19.2. The van der Waals surface area contributed by atoms with Gasteiger partial charge in [-0.3, -0.25) is 0 Å². The average Bonchev–Trinajstić information content (AvgIpc) is 3.79. The molecule has 2 saturated carbocycles. The zero-order valence-corrected chi connectivity index (χ0v) is 37.7. The first-order valence-corrected chi connectivity index (χ1v) is 21.4. The van der Waals surface area contributed by atoms with E-state index in [1.807, 2.05) is 51.2 Å². The number of likely N-dealkylation sites (N-methyl/N-ethyl adjacent to an activating group) is 2. The van der Waals surface area contributed by atoms with Gasteiger partial charge < -0.3 is 36.2 Å². The van der Waals surface area contributed by atoms with Crippen LogP contribution in [0.2, 0.25) is 0 Å². The Hall–Kier alpha value is -3.81. The second-order valence-corrected chi connectivity index (χ2v) is 18.0. The van der Waals surface area contributed by atoms with E-state index in [9.17, 15) is 4.79 Å². The molecule has 5 N–H and O–H groups in total. The largest absolute Gasteiger partial charge is 0.449 e. The summed E-state index contributed by atoms with van der Waals surface area (Å²) in [7, 11) is 4.09. The van der Waals surface area contributed by atoms with Gasteiger partial charge in [0.05, 0.1) is 24.5 Å². The quantitative estimate of drug-likeness (QED) is 0.0669. The highest BCUT2D eigenvalue weighted by molar-refractivity contribution is 5.67. The smallest absolute Gasteiger partial charge is 0.407 e. The molecular formula is C48H82N6O2. The number of hydrogen-bond donors (Lipinski definition) is 5. The molecule has 1 aromatic carbocycles. The summed E-state index contributed by atoms with van der Waals surface area (Å²) in [5, 5.41) is 17.2. The van der Waals surface area contributed by atoms with Gasteiger partial charge in [0.15, 0.2) is 0 Å². The van der Waals surface area contributed by atoms with Crippen molar-refractivity contribution in [2.45, 2.75) is 132 Å². The maximum atomic E-state index is 12.4. The third kappa shape index (κ3) is 14.3. The first-order valence-electron chi connectivity index (χ1n) is 21.4. The molecule has 1 aromatic rings. The third-order valence-corrected chi connectivity index (χ3v) is 12.7. The highest BCUT2D eigenvalue weighted by Gasteiger charge is 2.51. The van der Waals surface area contributed by atoms with Crippen molar-refractivity contribution in [2.24, 2.45) is 40.4 Å². The van der Waals surface area contributed by atoms with Gasteiger partial charge in [-0.05, 0) is 64.4 Å². The fourth-order valence-electron chi connectivity index (χ4n) is 7.83. The number of benzene rings is 1. The predicted octanol–water partition coefficient (Wildman–Crippen LogP) is 10.1. The van der Waals surface area contributed by atoms with Crippen molar-refractivity contribution in [3.63, 3.8) is 0 Å². The maximum Gasteiger partial charge on any atom is 0.407 e. The van der Waals surface area contributed by atoms with Gasteiger partial charge in [-0.25, -0.2) is 4.79 Å². The van der Waals surface area contributed by atoms with E-state index in [1.54, 1.807) is 0 Å². The summed E-state index contributed by atoms with van der Waals surface area (Å²) in [6, 6.07) is 9.97. The van der Waals surface area contributed by atoms with Crippen molar-refractivity contribution in [3.8, 4) is 0 Å². The van der Waals surface area contributed by atoms with Gasteiger partial charge in [-0.2, -0.15) is 0 Å². The van der Waals surface area contributed by atoms with Crippen LogP contribution in [0.15, 0.2) is 91.7 Å². The first kappa shape index (κ1) is 48.3. The van der Waals surface area contributed by atoms with Crippen LogP contribution in [0.5, 0.6) is 0 Å². The molecule has 0 saturated heterocycles. The fraction of sp³-hybridized carbons (Fsp3) is 0.646. The molecule has 2 fully saturated rings. The molecule has 2 aliphatic rings. The lowest BCUT2D eigenvalue weighted by atomic mass is 9.79. The van der Waals surface area contributed by atoms with E-state index >= 15 is 0 Å². The Balaban J connectivity index is 0.00000532. The van der Waals surface area contributed by atoms with Gasteiger partial charge in [0.25, 0.3) is 0 Å². The lowest BCUT2D eigenvalue weighted by Crippen LogP contribution is -2.51. The molecule has 0 radical (unpaired) electrons. The van der Waals surface area contributed by atoms with Crippen molar-refractivity contribution in [2.75, 3.05) is 27.2 Å². The van der Waals surface area contributed by atoms with Gasteiger partial charge in [-0.15, -0.1) is 0 Å². The van der Waals surface area contributed by atoms with Gasteiger partial charge >= 0.3 is 6.09 Å². The van der Waals surface area contributed by atoms with Crippen molar-refractivity contribution in [1.29, 1.82) is 0 Å². The predicted molar refractivity (Wildman–Crippen MR) is 240 cm³/mol. The van der Waals surface area contributed by atoms with Crippen LogP contribution in [0.1, 0.15) is 113 Å². The average molecular weight is 775 g/mol. The van der Waals surface area contributed by atoms with Crippen molar-refractivity contribution in [1.82, 2.24) is 31.5 Å². The molecule has 0 aromatic heterocycles. The van der Waals surface area contributed by atoms with Gasteiger partial charge in [0, 0.05) is 56.7 Å². The van der Waals surface area contributed by atoms with E-state index < -0.39 is 6.09 Å². The minimum Gasteiger partial charge on any atom is -0.449 e. The van der Waals surface area contributed by atoms with E-state index in [1.165, 1.54) is 19.3 Å². The summed E-state index contributed by atoms with van der Waals surface area (Å²) in [5.41, 5.74) is 4.93. The number of carbonyl (C=O) groups is 1. The molecule has 2 aliphatic carbocycles. The van der Waals surface area contributed by atoms with Crippen LogP contribution in [0.3, 0.4) is 0 Å². The van der Waals surface area contributed by atoms with Crippen LogP contribution < -0.4 is 26.6 Å². The molecule has 0 aliphatic heterocycles. The van der Waals surface area contributed by atoms with Crippen LogP contribution in [0.25, 0.3) is 0 Å². The number of carbonyl (C=O) groups excluding carboxylic acids is 1. The highest BCUT2D eigenvalue weighted by atomic mass is 16.5. The molecule has 0 heterocycles. The fourth-order valence-corrected chi connectivity index (χ4v) is 7.83. The molecule has 8 nitrogen and oxygen atoms in total. The van der Waals surface area contributed by atoms with E-state index in [0.717, 1.165) is 59.4 Å². The number of allylic oxidation sites excluding steroid dienone is 1. The van der Waals surface area contributed by atoms with Crippen LogP contribution in [0.4, 0.5) is 4.79 Å². The van der Waals surface area contributed by atoms with Gasteiger partial charge in [0.1, 0.15) is 0 Å². The summed E-state index contributed by atoms with van der Waals surface area (Å²) < 4.78 is 5.57. The second kappa shape index (κ2) is 22.2. The molecule has 7 atom stereocenters. The van der Waals surface area contributed by atoms with Crippen LogP contribution in [0, 0.1) is 40.4 Å². The molecule has 5 unspecified atom stereocenters. The van der Waals surface area contributed by atoms with E-state index in [2.05, 4.69) is 127 Å².